The molecule has 0 saturated heterocycles. The summed E-state index contributed by atoms with van der Waals surface area (Å²) in [4.78, 5) is 0. The van der Waals surface area contributed by atoms with Crippen molar-refractivity contribution < 1.29 is 0 Å². The molecule has 1 aromatic carbocycles. The highest BCUT2D eigenvalue weighted by molar-refractivity contribution is 6.30. The molecule has 0 aliphatic rings. The number of halogens is 1. The zero-order valence-electron chi connectivity index (χ0n) is 10.1. The SMILES string of the molecule is CCCCCCC#Cc1ccc(Cl)cc1C. The highest BCUT2D eigenvalue weighted by atomic mass is 35.5. The first-order valence-electron chi connectivity index (χ1n) is 5.99. The molecule has 0 spiro atoms. The molecule has 0 unspecified atom stereocenters. The Kier molecular flexibility index (Phi) is 6.04. The van der Waals surface area contributed by atoms with Gasteiger partial charge in [0, 0.05) is 17.0 Å². The van der Waals surface area contributed by atoms with Crippen LogP contribution in [-0.2, 0) is 0 Å². The molecule has 0 heterocycles. The third-order valence-electron chi connectivity index (χ3n) is 2.57. The lowest BCUT2D eigenvalue weighted by Crippen LogP contribution is -1.81. The molecule has 1 rings (SSSR count). The van der Waals surface area contributed by atoms with Crippen molar-refractivity contribution in [3.05, 3.63) is 34.3 Å². The molecule has 0 nitrogen and oxygen atoms in total. The van der Waals surface area contributed by atoms with Gasteiger partial charge >= 0.3 is 0 Å². The third-order valence-corrected chi connectivity index (χ3v) is 2.80. The molecule has 86 valence electrons. The van der Waals surface area contributed by atoms with Crippen LogP contribution in [-0.4, -0.2) is 0 Å². The summed E-state index contributed by atoms with van der Waals surface area (Å²) in [5, 5.41) is 0.783. The Bertz CT molecular complexity index is 382. The minimum absolute atomic E-state index is 0.783. The summed E-state index contributed by atoms with van der Waals surface area (Å²) in [6.07, 6.45) is 6.12. The van der Waals surface area contributed by atoms with E-state index in [1.54, 1.807) is 0 Å². The van der Waals surface area contributed by atoms with Crippen LogP contribution in [0.1, 0.15) is 50.2 Å². The van der Waals surface area contributed by atoms with Gasteiger partial charge in [-0.1, -0.05) is 49.6 Å². The summed E-state index contributed by atoms with van der Waals surface area (Å²) in [7, 11) is 0. The molecule has 0 amide bonds. The topological polar surface area (TPSA) is 0 Å². The summed E-state index contributed by atoms with van der Waals surface area (Å²) < 4.78 is 0. The van der Waals surface area contributed by atoms with Crippen LogP contribution in [0.3, 0.4) is 0 Å². The Morgan fingerprint density at radius 2 is 2.00 bits per heavy atom. The fraction of sp³-hybridized carbons (Fsp3) is 0.467. The highest BCUT2D eigenvalue weighted by Crippen LogP contribution is 2.14. The molecule has 0 aliphatic heterocycles. The van der Waals surface area contributed by atoms with Crippen LogP contribution in [0, 0.1) is 18.8 Å². The Morgan fingerprint density at radius 3 is 2.69 bits per heavy atom. The summed E-state index contributed by atoms with van der Waals surface area (Å²) in [6.45, 7) is 4.27. The smallest absolute Gasteiger partial charge is 0.0409 e. The maximum atomic E-state index is 5.89. The van der Waals surface area contributed by atoms with Crippen LogP contribution >= 0.6 is 11.6 Å². The molecule has 1 heteroatoms. The van der Waals surface area contributed by atoms with Gasteiger partial charge in [0.15, 0.2) is 0 Å². The third kappa shape index (κ3) is 4.73. The van der Waals surface area contributed by atoms with Crippen LogP contribution in [0.2, 0.25) is 5.02 Å². The molecule has 1 aromatic rings. The fourth-order valence-corrected chi connectivity index (χ4v) is 1.79. The monoisotopic (exact) mass is 234 g/mol. The molecule has 16 heavy (non-hydrogen) atoms. The van der Waals surface area contributed by atoms with Crippen molar-refractivity contribution in [2.24, 2.45) is 0 Å². The second-order valence-corrected chi connectivity index (χ2v) is 4.51. The Balaban J connectivity index is 2.44. The number of hydrogen-bond donors (Lipinski definition) is 0. The lowest BCUT2D eigenvalue weighted by Gasteiger charge is -1.97. The minimum Gasteiger partial charge on any atom is -0.0979 e. The van der Waals surface area contributed by atoms with Gasteiger partial charge < -0.3 is 0 Å². The normalized spacial score (nSPS) is 9.69. The molecular formula is C15H19Cl. The Morgan fingerprint density at radius 1 is 1.19 bits per heavy atom. The lowest BCUT2D eigenvalue weighted by molar-refractivity contribution is 0.679. The van der Waals surface area contributed by atoms with E-state index in [2.05, 4.69) is 18.8 Å². The standard InChI is InChI=1S/C15H19Cl/c1-3-4-5-6-7-8-9-14-10-11-15(16)12-13(14)2/h10-12H,3-7H2,1-2H3. The van der Waals surface area contributed by atoms with E-state index in [1.165, 1.54) is 25.7 Å². The highest BCUT2D eigenvalue weighted by Gasteiger charge is 1.94. The van der Waals surface area contributed by atoms with Gasteiger partial charge in [0.2, 0.25) is 0 Å². The van der Waals surface area contributed by atoms with Crippen molar-refractivity contribution >= 4 is 11.6 Å². The molecular weight excluding hydrogens is 216 g/mol. The van der Waals surface area contributed by atoms with E-state index in [0.29, 0.717) is 0 Å². The van der Waals surface area contributed by atoms with Crippen LogP contribution in [0.4, 0.5) is 0 Å². The fourth-order valence-electron chi connectivity index (χ4n) is 1.57. The number of benzene rings is 1. The van der Waals surface area contributed by atoms with Gasteiger partial charge in [-0.25, -0.2) is 0 Å². The Labute approximate surface area is 104 Å². The molecule has 0 bridgehead atoms. The van der Waals surface area contributed by atoms with Gasteiger partial charge in [0.05, 0.1) is 0 Å². The van der Waals surface area contributed by atoms with Gasteiger partial charge in [-0.3, -0.25) is 0 Å². The van der Waals surface area contributed by atoms with Crippen LogP contribution < -0.4 is 0 Å². The van der Waals surface area contributed by atoms with Crippen molar-refractivity contribution in [2.45, 2.75) is 46.0 Å². The molecule has 0 N–H and O–H groups in total. The largest absolute Gasteiger partial charge is 0.0979 e. The lowest BCUT2D eigenvalue weighted by atomic mass is 10.1. The minimum atomic E-state index is 0.783. The van der Waals surface area contributed by atoms with E-state index >= 15 is 0 Å². The van der Waals surface area contributed by atoms with Crippen LogP contribution in [0.25, 0.3) is 0 Å². The van der Waals surface area contributed by atoms with Crippen LogP contribution in [0.5, 0.6) is 0 Å². The number of rotatable bonds is 4. The van der Waals surface area contributed by atoms with Gasteiger partial charge in [-0.05, 0) is 37.1 Å². The van der Waals surface area contributed by atoms with Crippen molar-refractivity contribution in [3.63, 3.8) is 0 Å². The second kappa shape index (κ2) is 7.36. The second-order valence-electron chi connectivity index (χ2n) is 4.07. The van der Waals surface area contributed by atoms with Gasteiger partial charge in [0.25, 0.3) is 0 Å². The zero-order chi connectivity index (χ0) is 11.8. The number of aryl methyl sites for hydroxylation is 1. The maximum Gasteiger partial charge on any atom is 0.0409 e. The summed E-state index contributed by atoms with van der Waals surface area (Å²) in [5.74, 6) is 6.44. The summed E-state index contributed by atoms with van der Waals surface area (Å²) in [5.41, 5.74) is 2.26. The molecule has 0 aromatic heterocycles. The summed E-state index contributed by atoms with van der Waals surface area (Å²) >= 11 is 5.89. The maximum absolute atomic E-state index is 5.89. The van der Waals surface area contributed by atoms with E-state index in [-0.39, 0.29) is 0 Å². The van der Waals surface area contributed by atoms with Gasteiger partial charge in [-0.2, -0.15) is 0 Å². The van der Waals surface area contributed by atoms with Gasteiger partial charge in [0.1, 0.15) is 0 Å². The van der Waals surface area contributed by atoms with Crippen molar-refractivity contribution in [2.75, 3.05) is 0 Å². The summed E-state index contributed by atoms with van der Waals surface area (Å²) in [6, 6.07) is 5.86. The van der Waals surface area contributed by atoms with E-state index in [4.69, 9.17) is 11.6 Å². The first kappa shape index (κ1) is 13.1. The van der Waals surface area contributed by atoms with Gasteiger partial charge in [-0.15, -0.1) is 0 Å². The molecule has 0 fully saturated rings. The molecule has 0 saturated carbocycles. The average Bonchev–Trinajstić information content (AvgIpc) is 2.26. The van der Waals surface area contributed by atoms with Crippen molar-refractivity contribution in [1.29, 1.82) is 0 Å². The van der Waals surface area contributed by atoms with E-state index in [1.807, 2.05) is 25.1 Å². The van der Waals surface area contributed by atoms with Crippen molar-refractivity contribution in [3.8, 4) is 11.8 Å². The van der Waals surface area contributed by atoms with E-state index in [9.17, 15) is 0 Å². The molecule has 0 radical (unpaired) electrons. The quantitative estimate of drug-likeness (QED) is 0.510. The zero-order valence-corrected chi connectivity index (χ0v) is 10.9. The van der Waals surface area contributed by atoms with Crippen LogP contribution in [0.15, 0.2) is 18.2 Å². The number of hydrogen-bond acceptors (Lipinski definition) is 0. The predicted octanol–water partition coefficient (Wildman–Crippen LogP) is 4.97. The van der Waals surface area contributed by atoms with E-state index in [0.717, 1.165) is 22.6 Å². The van der Waals surface area contributed by atoms with E-state index < -0.39 is 0 Å². The Hall–Kier alpha value is -0.930. The molecule has 0 atom stereocenters. The van der Waals surface area contributed by atoms with Crippen molar-refractivity contribution in [1.82, 2.24) is 0 Å². The predicted molar refractivity (Wildman–Crippen MR) is 71.8 cm³/mol. The average molecular weight is 235 g/mol. The number of unbranched alkanes of at least 4 members (excludes halogenated alkanes) is 4. The molecule has 0 aliphatic carbocycles. The first-order valence-corrected chi connectivity index (χ1v) is 6.37. The first-order chi connectivity index (χ1) is 7.74.